The van der Waals surface area contributed by atoms with Crippen molar-refractivity contribution >= 4 is 5.91 Å². The fourth-order valence-corrected chi connectivity index (χ4v) is 1.65. The standard InChI is InChI=1S/C16H11F3N2O/c17-16(18,19)14-5-1-3-12(11-14)4-2-8-21-15(22)13-6-9-20-10-7-13/h1,3,5-7,9-11H,8H2,(H,21,22). The maximum atomic E-state index is 12.5. The Morgan fingerprint density at radius 2 is 1.91 bits per heavy atom. The highest BCUT2D eigenvalue weighted by Gasteiger charge is 2.30. The number of rotatable bonds is 2. The number of amides is 1. The van der Waals surface area contributed by atoms with Gasteiger partial charge in [0.25, 0.3) is 5.91 Å². The number of alkyl halides is 3. The molecule has 0 saturated carbocycles. The highest BCUT2D eigenvalue weighted by Crippen LogP contribution is 2.29. The Kier molecular flexibility index (Phi) is 4.79. The van der Waals surface area contributed by atoms with Crippen molar-refractivity contribution in [2.24, 2.45) is 0 Å². The van der Waals surface area contributed by atoms with E-state index in [0.717, 1.165) is 12.1 Å². The Morgan fingerprint density at radius 3 is 2.59 bits per heavy atom. The Labute approximate surface area is 125 Å². The van der Waals surface area contributed by atoms with Gasteiger partial charge in [-0.3, -0.25) is 9.78 Å². The zero-order valence-corrected chi connectivity index (χ0v) is 11.3. The average molecular weight is 304 g/mol. The number of hydrogen-bond donors (Lipinski definition) is 1. The van der Waals surface area contributed by atoms with Gasteiger partial charge in [0, 0.05) is 23.5 Å². The van der Waals surface area contributed by atoms with E-state index in [1.54, 1.807) is 12.1 Å². The fraction of sp³-hybridized carbons (Fsp3) is 0.125. The van der Waals surface area contributed by atoms with Crippen molar-refractivity contribution in [2.75, 3.05) is 6.54 Å². The summed E-state index contributed by atoms with van der Waals surface area (Å²) in [5, 5.41) is 2.55. The molecule has 3 nitrogen and oxygen atoms in total. The van der Waals surface area contributed by atoms with E-state index < -0.39 is 11.7 Å². The summed E-state index contributed by atoms with van der Waals surface area (Å²) in [5.74, 6) is 4.88. The van der Waals surface area contributed by atoms with Crippen LogP contribution in [-0.4, -0.2) is 17.4 Å². The van der Waals surface area contributed by atoms with Gasteiger partial charge in [0.05, 0.1) is 12.1 Å². The van der Waals surface area contributed by atoms with Crippen LogP contribution in [-0.2, 0) is 6.18 Å². The molecule has 0 aliphatic carbocycles. The number of benzene rings is 1. The highest BCUT2D eigenvalue weighted by atomic mass is 19.4. The molecule has 2 aromatic rings. The lowest BCUT2D eigenvalue weighted by Crippen LogP contribution is -2.23. The van der Waals surface area contributed by atoms with Gasteiger partial charge in [0.1, 0.15) is 0 Å². The van der Waals surface area contributed by atoms with E-state index in [2.05, 4.69) is 22.1 Å². The van der Waals surface area contributed by atoms with Crippen molar-refractivity contribution in [3.8, 4) is 11.8 Å². The molecule has 0 fully saturated rings. The van der Waals surface area contributed by atoms with Gasteiger partial charge in [-0.15, -0.1) is 0 Å². The molecule has 0 saturated heterocycles. The molecule has 0 radical (unpaired) electrons. The van der Waals surface area contributed by atoms with E-state index in [1.807, 2.05) is 0 Å². The summed E-state index contributed by atoms with van der Waals surface area (Å²) in [5.41, 5.74) is -0.0658. The van der Waals surface area contributed by atoms with Crippen LogP contribution in [0.3, 0.4) is 0 Å². The van der Waals surface area contributed by atoms with E-state index in [0.29, 0.717) is 5.56 Å². The van der Waals surface area contributed by atoms with E-state index >= 15 is 0 Å². The van der Waals surface area contributed by atoms with Crippen LogP contribution < -0.4 is 5.32 Å². The Morgan fingerprint density at radius 1 is 1.18 bits per heavy atom. The molecule has 6 heteroatoms. The summed E-state index contributed by atoms with van der Waals surface area (Å²) < 4.78 is 37.6. The summed E-state index contributed by atoms with van der Waals surface area (Å²) >= 11 is 0. The Bertz CT molecular complexity index is 715. The van der Waals surface area contributed by atoms with Crippen LogP contribution in [0.15, 0.2) is 48.8 Å². The molecule has 0 bridgehead atoms. The predicted molar refractivity (Wildman–Crippen MR) is 74.9 cm³/mol. The SMILES string of the molecule is O=C(NCC#Cc1cccc(C(F)(F)F)c1)c1ccncc1. The van der Waals surface area contributed by atoms with Crippen molar-refractivity contribution in [3.05, 3.63) is 65.5 Å². The van der Waals surface area contributed by atoms with Gasteiger partial charge in [-0.1, -0.05) is 17.9 Å². The fourth-order valence-electron chi connectivity index (χ4n) is 1.65. The van der Waals surface area contributed by atoms with Crippen LogP contribution in [0.4, 0.5) is 13.2 Å². The zero-order chi connectivity index (χ0) is 16.0. The van der Waals surface area contributed by atoms with Gasteiger partial charge in [-0.2, -0.15) is 13.2 Å². The molecule has 0 aliphatic rings. The number of halogens is 3. The number of carbonyl (C=O) groups is 1. The van der Waals surface area contributed by atoms with Crippen LogP contribution >= 0.6 is 0 Å². The van der Waals surface area contributed by atoms with Gasteiger partial charge in [-0.25, -0.2) is 0 Å². The maximum absolute atomic E-state index is 12.5. The largest absolute Gasteiger partial charge is 0.416 e. The minimum Gasteiger partial charge on any atom is -0.341 e. The lowest BCUT2D eigenvalue weighted by atomic mass is 10.1. The molecule has 1 amide bonds. The first-order chi connectivity index (χ1) is 10.5. The van der Waals surface area contributed by atoms with Crippen molar-refractivity contribution in [2.45, 2.75) is 6.18 Å². The summed E-state index contributed by atoms with van der Waals surface area (Å²) in [6, 6.07) is 7.83. The van der Waals surface area contributed by atoms with Crippen LogP contribution in [0.2, 0.25) is 0 Å². The second-order valence-electron chi connectivity index (χ2n) is 4.30. The molecule has 0 unspecified atom stereocenters. The molecule has 0 atom stereocenters. The predicted octanol–water partition coefficient (Wildman–Crippen LogP) is 2.88. The molecular formula is C16H11F3N2O. The number of nitrogens with one attached hydrogen (secondary N) is 1. The molecule has 0 aliphatic heterocycles. The van der Waals surface area contributed by atoms with Crippen LogP contribution in [0.1, 0.15) is 21.5 Å². The van der Waals surface area contributed by atoms with Gasteiger partial charge in [-0.05, 0) is 30.3 Å². The van der Waals surface area contributed by atoms with Crippen molar-refractivity contribution in [1.29, 1.82) is 0 Å². The molecule has 1 heterocycles. The second kappa shape index (κ2) is 6.76. The number of pyridine rings is 1. The topological polar surface area (TPSA) is 42.0 Å². The Balaban J connectivity index is 1.96. The van der Waals surface area contributed by atoms with Crippen molar-refractivity contribution in [1.82, 2.24) is 10.3 Å². The van der Waals surface area contributed by atoms with Crippen molar-refractivity contribution in [3.63, 3.8) is 0 Å². The first kappa shape index (κ1) is 15.6. The first-order valence-electron chi connectivity index (χ1n) is 6.31. The van der Waals surface area contributed by atoms with E-state index in [4.69, 9.17) is 0 Å². The minimum atomic E-state index is -4.40. The lowest BCUT2D eigenvalue weighted by molar-refractivity contribution is -0.137. The summed E-state index contributed by atoms with van der Waals surface area (Å²) in [7, 11) is 0. The zero-order valence-electron chi connectivity index (χ0n) is 11.3. The highest BCUT2D eigenvalue weighted by molar-refractivity contribution is 5.94. The normalized spacial score (nSPS) is 10.5. The third-order valence-corrected chi connectivity index (χ3v) is 2.70. The summed E-state index contributed by atoms with van der Waals surface area (Å²) in [6.07, 6.45) is -1.42. The van der Waals surface area contributed by atoms with E-state index in [9.17, 15) is 18.0 Å². The number of hydrogen-bond acceptors (Lipinski definition) is 2. The Hall–Kier alpha value is -2.81. The number of aromatic nitrogens is 1. The van der Waals surface area contributed by atoms with Crippen LogP contribution in [0, 0.1) is 11.8 Å². The maximum Gasteiger partial charge on any atom is 0.416 e. The number of carbonyl (C=O) groups excluding carboxylic acids is 1. The lowest BCUT2D eigenvalue weighted by Gasteiger charge is -2.05. The number of nitrogens with zero attached hydrogens (tertiary/aromatic N) is 1. The molecule has 112 valence electrons. The first-order valence-corrected chi connectivity index (χ1v) is 6.31. The average Bonchev–Trinajstić information content (AvgIpc) is 2.52. The summed E-state index contributed by atoms with van der Waals surface area (Å²) in [4.78, 5) is 15.5. The quantitative estimate of drug-likeness (QED) is 0.867. The van der Waals surface area contributed by atoms with Gasteiger partial charge in [0.15, 0.2) is 0 Å². The third-order valence-electron chi connectivity index (χ3n) is 2.70. The minimum absolute atomic E-state index is 0.0391. The molecule has 1 aromatic heterocycles. The summed E-state index contributed by atoms with van der Waals surface area (Å²) in [6.45, 7) is 0.0391. The molecule has 1 aromatic carbocycles. The monoisotopic (exact) mass is 304 g/mol. The van der Waals surface area contributed by atoms with Crippen LogP contribution in [0.25, 0.3) is 0 Å². The van der Waals surface area contributed by atoms with Crippen molar-refractivity contribution < 1.29 is 18.0 Å². The van der Waals surface area contributed by atoms with Gasteiger partial charge >= 0.3 is 6.18 Å². The third kappa shape index (κ3) is 4.35. The van der Waals surface area contributed by atoms with Gasteiger partial charge in [0.2, 0.25) is 0 Å². The molecule has 22 heavy (non-hydrogen) atoms. The van der Waals surface area contributed by atoms with Crippen LogP contribution in [0.5, 0.6) is 0 Å². The van der Waals surface area contributed by atoms with E-state index in [-0.39, 0.29) is 18.0 Å². The molecule has 2 rings (SSSR count). The van der Waals surface area contributed by atoms with Gasteiger partial charge < -0.3 is 5.32 Å². The second-order valence-corrected chi connectivity index (χ2v) is 4.30. The van der Waals surface area contributed by atoms with E-state index in [1.165, 1.54) is 24.5 Å². The molecular weight excluding hydrogens is 293 g/mol. The molecule has 1 N–H and O–H groups in total. The smallest absolute Gasteiger partial charge is 0.341 e. The molecule has 0 spiro atoms.